The van der Waals surface area contributed by atoms with E-state index in [9.17, 15) is 4.79 Å². The highest BCUT2D eigenvalue weighted by molar-refractivity contribution is 6.31. The molecule has 3 nitrogen and oxygen atoms in total. The minimum absolute atomic E-state index is 0.146. The van der Waals surface area contributed by atoms with E-state index in [2.05, 4.69) is 4.98 Å². The van der Waals surface area contributed by atoms with Crippen LogP contribution in [-0.2, 0) is 0 Å². The van der Waals surface area contributed by atoms with E-state index in [0.717, 1.165) is 43.1 Å². The summed E-state index contributed by atoms with van der Waals surface area (Å²) in [6.07, 6.45) is 5.12. The lowest BCUT2D eigenvalue weighted by molar-refractivity contribution is 0.0939. The van der Waals surface area contributed by atoms with Gasteiger partial charge in [0.05, 0.1) is 5.52 Å². The van der Waals surface area contributed by atoms with E-state index >= 15 is 0 Å². The molecule has 0 unspecified atom stereocenters. The Bertz CT molecular complexity index is 678. The van der Waals surface area contributed by atoms with Crippen molar-refractivity contribution in [3.8, 4) is 0 Å². The lowest BCUT2D eigenvalue weighted by atomic mass is 9.79. The number of rotatable bonds is 4. The SMILES string of the molecule is NCC1CCC(CC(=O)c2ccc3cc(Cl)ccc3n2)CC1. The number of Topliss-reactive ketones (excluding diaryl/α,β-unsaturated/α-hetero) is 1. The van der Waals surface area contributed by atoms with Crippen molar-refractivity contribution in [1.82, 2.24) is 4.98 Å². The summed E-state index contributed by atoms with van der Waals surface area (Å²) >= 11 is 5.97. The van der Waals surface area contributed by atoms with Crippen LogP contribution in [0.4, 0.5) is 0 Å². The second kappa shape index (κ2) is 6.76. The average Bonchev–Trinajstić information content (AvgIpc) is 2.55. The third-order valence-electron chi connectivity index (χ3n) is 4.71. The highest BCUT2D eigenvalue weighted by Gasteiger charge is 2.23. The van der Waals surface area contributed by atoms with Crippen molar-refractivity contribution in [2.24, 2.45) is 17.6 Å². The fourth-order valence-corrected chi connectivity index (χ4v) is 3.47. The van der Waals surface area contributed by atoms with Gasteiger partial charge in [0.25, 0.3) is 0 Å². The first-order valence-electron chi connectivity index (χ1n) is 7.95. The molecule has 0 saturated heterocycles. The van der Waals surface area contributed by atoms with Crippen LogP contribution >= 0.6 is 11.6 Å². The largest absolute Gasteiger partial charge is 0.330 e. The second-order valence-electron chi connectivity index (χ2n) is 6.28. The molecule has 1 aliphatic carbocycles. The molecule has 2 N–H and O–H groups in total. The van der Waals surface area contributed by atoms with Crippen molar-refractivity contribution >= 4 is 28.3 Å². The summed E-state index contributed by atoms with van der Waals surface area (Å²) < 4.78 is 0. The third kappa shape index (κ3) is 3.47. The number of ketones is 1. The van der Waals surface area contributed by atoms with Gasteiger partial charge in [-0.1, -0.05) is 17.7 Å². The van der Waals surface area contributed by atoms with Gasteiger partial charge < -0.3 is 5.73 Å². The van der Waals surface area contributed by atoms with Gasteiger partial charge in [-0.15, -0.1) is 0 Å². The zero-order valence-electron chi connectivity index (χ0n) is 12.6. The smallest absolute Gasteiger partial charge is 0.181 e. The van der Waals surface area contributed by atoms with Crippen LogP contribution in [0.3, 0.4) is 0 Å². The number of carbonyl (C=O) groups is 1. The van der Waals surface area contributed by atoms with Crippen LogP contribution in [-0.4, -0.2) is 17.3 Å². The first kappa shape index (κ1) is 15.4. The molecular weight excluding hydrogens is 296 g/mol. The van der Waals surface area contributed by atoms with E-state index in [1.807, 2.05) is 24.3 Å². The van der Waals surface area contributed by atoms with Crippen LogP contribution in [0, 0.1) is 11.8 Å². The van der Waals surface area contributed by atoms with Gasteiger partial charge in [0.1, 0.15) is 5.69 Å². The van der Waals surface area contributed by atoms with Gasteiger partial charge in [-0.05, 0) is 68.3 Å². The van der Waals surface area contributed by atoms with Gasteiger partial charge >= 0.3 is 0 Å². The van der Waals surface area contributed by atoms with E-state index in [0.29, 0.717) is 29.0 Å². The minimum atomic E-state index is 0.146. The molecule has 3 rings (SSSR count). The Morgan fingerprint density at radius 2 is 1.86 bits per heavy atom. The molecule has 0 amide bonds. The lowest BCUT2D eigenvalue weighted by Crippen LogP contribution is -2.23. The summed E-state index contributed by atoms with van der Waals surface area (Å²) in [6, 6.07) is 9.27. The topological polar surface area (TPSA) is 56.0 Å². The molecule has 0 spiro atoms. The Balaban J connectivity index is 1.68. The first-order chi connectivity index (χ1) is 10.7. The number of nitrogens with two attached hydrogens (primary N) is 1. The maximum atomic E-state index is 12.5. The van der Waals surface area contributed by atoms with Crippen molar-refractivity contribution in [3.63, 3.8) is 0 Å². The zero-order valence-corrected chi connectivity index (χ0v) is 13.4. The van der Waals surface area contributed by atoms with E-state index in [1.165, 1.54) is 0 Å². The number of hydrogen-bond donors (Lipinski definition) is 1. The molecule has 1 aliphatic rings. The third-order valence-corrected chi connectivity index (χ3v) is 4.95. The summed E-state index contributed by atoms with van der Waals surface area (Å²) in [5.74, 6) is 1.28. The van der Waals surface area contributed by atoms with Crippen molar-refractivity contribution in [2.45, 2.75) is 32.1 Å². The molecule has 22 heavy (non-hydrogen) atoms. The van der Waals surface area contributed by atoms with Crippen LogP contribution in [0.25, 0.3) is 10.9 Å². The lowest BCUT2D eigenvalue weighted by Gasteiger charge is -2.27. The normalized spacial score (nSPS) is 21.9. The monoisotopic (exact) mass is 316 g/mol. The molecule has 2 aromatic rings. The standard InChI is InChI=1S/C18H21ClN2O/c19-15-6-8-16-14(10-15)5-7-17(21-16)18(22)9-12-1-3-13(11-20)4-2-12/h5-8,10,12-13H,1-4,9,11,20H2. The number of fused-ring (bicyclic) bond motifs is 1. The predicted molar refractivity (Wildman–Crippen MR) is 90.2 cm³/mol. The number of aromatic nitrogens is 1. The van der Waals surface area contributed by atoms with Gasteiger partial charge in [-0.2, -0.15) is 0 Å². The number of benzene rings is 1. The fraction of sp³-hybridized carbons (Fsp3) is 0.444. The Morgan fingerprint density at radius 1 is 1.14 bits per heavy atom. The highest BCUT2D eigenvalue weighted by Crippen LogP contribution is 2.31. The van der Waals surface area contributed by atoms with Gasteiger partial charge in [-0.3, -0.25) is 4.79 Å². The maximum absolute atomic E-state index is 12.5. The van der Waals surface area contributed by atoms with Gasteiger partial charge in [-0.25, -0.2) is 4.98 Å². The number of halogens is 1. The zero-order chi connectivity index (χ0) is 15.5. The molecule has 116 valence electrons. The van der Waals surface area contributed by atoms with E-state index in [4.69, 9.17) is 17.3 Å². The molecule has 1 aromatic carbocycles. The fourth-order valence-electron chi connectivity index (χ4n) is 3.29. The van der Waals surface area contributed by atoms with Gasteiger partial charge in [0.2, 0.25) is 0 Å². The van der Waals surface area contributed by atoms with Crippen molar-refractivity contribution < 1.29 is 4.79 Å². The van der Waals surface area contributed by atoms with Crippen LogP contribution in [0.1, 0.15) is 42.6 Å². The highest BCUT2D eigenvalue weighted by atomic mass is 35.5. The summed E-state index contributed by atoms with van der Waals surface area (Å²) in [5, 5.41) is 1.65. The number of nitrogens with zero attached hydrogens (tertiary/aromatic N) is 1. The number of pyridine rings is 1. The molecule has 0 radical (unpaired) electrons. The van der Waals surface area contributed by atoms with Crippen molar-refractivity contribution in [1.29, 1.82) is 0 Å². The second-order valence-corrected chi connectivity index (χ2v) is 6.72. The molecule has 0 atom stereocenters. The first-order valence-corrected chi connectivity index (χ1v) is 8.33. The molecule has 1 fully saturated rings. The quantitative estimate of drug-likeness (QED) is 0.859. The molecule has 1 heterocycles. The van der Waals surface area contributed by atoms with Crippen molar-refractivity contribution in [3.05, 3.63) is 41.0 Å². The average molecular weight is 317 g/mol. The Hall–Kier alpha value is -1.45. The Morgan fingerprint density at radius 3 is 2.59 bits per heavy atom. The molecule has 1 saturated carbocycles. The number of carbonyl (C=O) groups excluding carboxylic acids is 1. The molecule has 1 aromatic heterocycles. The Labute approximate surface area is 135 Å². The van der Waals surface area contributed by atoms with Crippen LogP contribution < -0.4 is 5.73 Å². The van der Waals surface area contributed by atoms with Gasteiger partial charge in [0, 0.05) is 16.8 Å². The minimum Gasteiger partial charge on any atom is -0.330 e. The molecule has 0 aliphatic heterocycles. The summed E-state index contributed by atoms with van der Waals surface area (Å²) in [7, 11) is 0. The molecular formula is C18H21ClN2O. The molecule has 4 heteroatoms. The van der Waals surface area contributed by atoms with E-state index in [-0.39, 0.29) is 5.78 Å². The van der Waals surface area contributed by atoms with Gasteiger partial charge in [0.15, 0.2) is 5.78 Å². The maximum Gasteiger partial charge on any atom is 0.181 e. The predicted octanol–water partition coefficient (Wildman–Crippen LogP) is 4.23. The Kier molecular flexibility index (Phi) is 4.74. The van der Waals surface area contributed by atoms with E-state index in [1.54, 1.807) is 6.07 Å². The summed E-state index contributed by atoms with van der Waals surface area (Å²) in [4.78, 5) is 16.9. The van der Waals surface area contributed by atoms with Crippen molar-refractivity contribution in [2.75, 3.05) is 6.54 Å². The van der Waals surface area contributed by atoms with Crippen LogP contribution in [0.5, 0.6) is 0 Å². The van der Waals surface area contributed by atoms with E-state index < -0.39 is 0 Å². The van der Waals surface area contributed by atoms with Crippen LogP contribution in [0.2, 0.25) is 5.02 Å². The number of hydrogen-bond acceptors (Lipinski definition) is 3. The summed E-state index contributed by atoms with van der Waals surface area (Å²) in [6.45, 7) is 0.773. The van der Waals surface area contributed by atoms with Crippen LogP contribution in [0.15, 0.2) is 30.3 Å². The molecule has 0 bridgehead atoms. The summed E-state index contributed by atoms with van der Waals surface area (Å²) in [5.41, 5.74) is 7.11.